The fraction of sp³-hybridized carbons (Fsp3) is 0.917. The average Bonchev–Trinajstić information content (AvgIpc) is 2.15. The van der Waals surface area contributed by atoms with Gasteiger partial charge in [0.25, 0.3) is 0 Å². The lowest BCUT2D eigenvalue weighted by atomic mass is 9.88. The predicted octanol–water partition coefficient (Wildman–Crippen LogP) is 0.821. The highest BCUT2D eigenvalue weighted by atomic mass is 16.5. The van der Waals surface area contributed by atoms with Gasteiger partial charge in [-0.25, -0.2) is 0 Å². The van der Waals surface area contributed by atoms with Gasteiger partial charge in [-0.2, -0.15) is 0 Å². The molecule has 0 saturated carbocycles. The van der Waals surface area contributed by atoms with Crippen molar-refractivity contribution in [3.8, 4) is 0 Å². The molecule has 16 heavy (non-hydrogen) atoms. The highest BCUT2D eigenvalue weighted by Crippen LogP contribution is 2.25. The summed E-state index contributed by atoms with van der Waals surface area (Å²) < 4.78 is 5.72. The molecule has 1 fully saturated rings. The third-order valence-electron chi connectivity index (χ3n) is 2.84. The molecule has 1 heterocycles. The first-order valence-electron chi connectivity index (χ1n) is 5.85. The molecule has 4 heteroatoms. The Balaban J connectivity index is 2.54. The molecule has 0 unspecified atom stereocenters. The van der Waals surface area contributed by atoms with Gasteiger partial charge in [0.05, 0.1) is 19.3 Å². The number of hydrogen-bond acceptors (Lipinski definition) is 3. The van der Waals surface area contributed by atoms with E-state index in [-0.39, 0.29) is 17.4 Å². The van der Waals surface area contributed by atoms with Crippen LogP contribution in [-0.2, 0) is 9.53 Å². The molecular weight excluding hydrogens is 204 g/mol. The minimum Gasteiger partial charge on any atom is -0.374 e. The summed E-state index contributed by atoms with van der Waals surface area (Å²) in [6, 6.07) is 0. The van der Waals surface area contributed by atoms with Gasteiger partial charge in [-0.1, -0.05) is 20.8 Å². The van der Waals surface area contributed by atoms with Crippen molar-refractivity contribution in [2.45, 2.75) is 26.9 Å². The summed E-state index contributed by atoms with van der Waals surface area (Å²) in [4.78, 5) is 15.7. The number of hydrogen-bond donors (Lipinski definition) is 0. The molecule has 1 aliphatic heterocycles. The van der Waals surface area contributed by atoms with Crippen molar-refractivity contribution < 1.29 is 9.53 Å². The molecule has 1 rings (SSSR count). The van der Waals surface area contributed by atoms with Gasteiger partial charge in [0.2, 0.25) is 5.91 Å². The Bertz CT molecular complexity index is 246. The quantitative estimate of drug-likeness (QED) is 0.701. The molecule has 1 amide bonds. The first-order chi connectivity index (χ1) is 7.30. The standard InChI is InChI=1S/C12H24N2O2/c1-12(2,3)10-8-14(6-7-16-10)11(15)9-13(4)5/h10H,6-9H2,1-5H3/t10-/m1/s1. The second kappa shape index (κ2) is 5.15. The normalized spacial score (nSPS) is 22.6. The minimum absolute atomic E-state index is 0.0943. The van der Waals surface area contributed by atoms with Crippen LogP contribution in [0.5, 0.6) is 0 Å². The highest BCUT2D eigenvalue weighted by molar-refractivity contribution is 5.78. The SMILES string of the molecule is CN(C)CC(=O)N1CCO[C@@H](C(C)(C)C)C1. The Labute approximate surface area is 98.5 Å². The van der Waals surface area contributed by atoms with Gasteiger partial charge < -0.3 is 14.5 Å². The van der Waals surface area contributed by atoms with Crippen molar-refractivity contribution in [1.29, 1.82) is 0 Å². The number of carbonyl (C=O) groups is 1. The molecule has 1 atom stereocenters. The topological polar surface area (TPSA) is 32.8 Å². The van der Waals surface area contributed by atoms with Crippen LogP contribution in [0.2, 0.25) is 0 Å². The van der Waals surface area contributed by atoms with Gasteiger partial charge in [0.1, 0.15) is 0 Å². The Hall–Kier alpha value is -0.610. The van der Waals surface area contributed by atoms with Crippen molar-refractivity contribution in [2.75, 3.05) is 40.3 Å². The lowest BCUT2D eigenvalue weighted by Crippen LogP contribution is -2.51. The van der Waals surface area contributed by atoms with Crippen LogP contribution in [0.3, 0.4) is 0 Å². The van der Waals surface area contributed by atoms with Gasteiger partial charge in [0, 0.05) is 13.1 Å². The first-order valence-corrected chi connectivity index (χ1v) is 5.85. The lowest BCUT2D eigenvalue weighted by Gasteiger charge is -2.39. The number of rotatable bonds is 2. The number of nitrogens with zero attached hydrogens (tertiary/aromatic N) is 2. The largest absolute Gasteiger partial charge is 0.374 e. The summed E-state index contributed by atoms with van der Waals surface area (Å²) in [7, 11) is 3.83. The van der Waals surface area contributed by atoms with E-state index < -0.39 is 0 Å². The molecule has 0 bridgehead atoms. The van der Waals surface area contributed by atoms with E-state index in [1.807, 2.05) is 23.9 Å². The maximum atomic E-state index is 11.9. The molecule has 0 aromatic heterocycles. The van der Waals surface area contributed by atoms with Crippen molar-refractivity contribution in [3.63, 3.8) is 0 Å². The number of ether oxygens (including phenoxy) is 1. The first kappa shape index (κ1) is 13.5. The minimum atomic E-state index is 0.0943. The van der Waals surface area contributed by atoms with Crippen molar-refractivity contribution in [3.05, 3.63) is 0 Å². The van der Waals surface area contributed by atoms with Crippen LogP contribution in [-0.4, -0.2) is 62.1 Å². The second-order valence-corrected chi connectivity index (χ2v) is 5.80. The van der Waals surface area contributed by atoms with Crippen LogP contribution >= 0.6 is 0 Å². The third-order valence-corrected chi connectivity index (χ3v) is 2.84. The van der Waals surface area contributed by atoms with Gasteiger partial charge in [0.15, 0.2) is 0 Å². The van der Waals surface area contributed by atoms with E-state index in [0.717, 1.165) is 13.1 Å². The maximum absolute atomic E-state index is 11.9. The Morgan fingerprint density at radius 3 is 2.56 bits per heavy atom. The van der Waals surface area contributed by atoms with Gasteiger partial charge in [-0.05, 0) is 19.5 Å². The molecule has 0 aromatic carbocycles. The zero-order valence-corrected chi connectivity index (χ0v) is 11.1. The molecule has 0 aliphatic carbocycles. The number of amides is 1. The van der Waals surface area contributed by atoms with Crippen LogP contribution in [0, 0.1) is 5.41 Å². The second-order valence-electron chi connectivity index (χ2n) is 5.80. The van der Waals surface area contributed by atoms with E-state index in [9.17, 15) is 4.79 Å². The van der Waals surface area contributed by atoms with E-state index in [2.05, 4.69) is 20.8 Å². The van der Waals surface area contributed by atoms with E-state index in [0.29, 0.717) is 13.2 Å². The van der Waals surface area contributed by atoms with Gasteiger partial charge in [-0.3, -0.25) is 4.79 Å². The predicted molar refractivity (Wildman–Crippen MR) is 64.3 cm³/mol. The summed E-state index contributed by atoms with van der Waals surface area (Å²) in [5.41, 5.74) is 0.0943. The van der Waals surface area contributed by atoms with Crippen molar-refractivity contribution in [1.82, 2.24) is 9.80 Å². The molecular formula is C12H24N2O2. The molecule has 94 valence electrons. The summed E-state index contributed by atoms with van der Waals surface area (Å²) in [5, 5.41) is 0. The Morgan fingerprint density at radius 1 is 1.44 bits per heavy atom. The molecule has 0 radical (unpaired) electrons. The van der Waals surface area contributed by atoms with E-state index >= 15 is 0 Å². The van der Waals surface area contributed by atoms with Crippen LogP contribution in [0.15, 0.2) is 0 Å². The molecule has 0 spiro atoms. The molecule has 1 aliphatic rings. The summed E-state index contributed by atoms with van der Waals surface area (Å²) in [5.74, 6) is 0.197. The fourth-order valence-corrected chi connectivity index (χ4v) is 1.77. The van der Waals surface area contributed by atoms with Gasteiger partial charge >= 0.3 is 0 Å². The fourth-order valence-electron chi connectivity index (χ4n) is 1.77. The van der Waals surface area contributed by atoms with E-state index in [1.165, 1.54) is 0 Å². The third kappa shape index (κ3) is 3.76. The molecule has 1 saturated heterocycles. The lowest BCUT2D eigenvalue weighted by molar-refractivity contribution is -0.144. The summed E-state index contributed by atoms with van der Waals surface area (Å²) in [6.07, 6.45) is 0.146. The number of morpholine rings is 1. The van der Waals surface area contributed by atoms with Gasteiger partial charge in [-0.15, -0.1) is 0 Å². The van der Waals surface area contributed by atoms with Crippen LogP contribution in [0.4, 0.5) is 0 Å². The highest BCUT2D eigenvalue weighted by Gasteiger charge is 2.32. The Morgan fingerprint density at radius 2 is 2.06 bits per heavy atom. The van der Waals surface area contributed by atoms with Crippen molar-refractivity contribution in [2.24, 2.45) is 5.41 Å². The average molecular weight is 228 g/mol. The number of likely N-dealkylation sites (N-methyl/N-ethyl adjacent to an activating group) is 1. The molecule has 0 aromatic rings. The van der Waals surface area contributed by atoms with Crippen LogP contribution in [0.25, 0.3) is 0 Å². The smallest absolute Gasteiger partial charge is 0.236 e. The zero-order valence-electron chi connectivity index (χ0n) is 11.1. The van der Waals surface area contributed by atoms with E-state index in [4.69, 9.17) is 4.74 Å². The van der Waals surface area contributed by atoms with E-state index in [1.54, 1.807) is 0 Å². The number of carbonyl (C=O) groups excluding carboxylic acids is 1. The Kier molecular flexibility index (Phi) is 4.33. The summed E-state index contributed by atoms with van der Waals surface area (Å²) in [6.45, 7) is 9.03. The molecule has 0 N–H and O–H groups in total. The van der Waals surface area contributed by atoms with Crippen molar-refractivity contribution >= 4 is 5.91 Å². The van der Waals surface area contributed by atoms with Crippen LogP contribution < -0.4 is 0 Å². The molecule has 4 nitrogen and oxygen atoms in total. The monoisotopic (exact) mass is 228 g/mol. The van der Waals surface area contributed by atoms with Crippen LogP contribution in [0.1, 0.15) is 20.8 Å². The summed E-state index contributed by atoms with van der Waals surface area (Å²) >= 11 is 0. The zero-order chi connectivity index (χ0) is 12.3. The maximum Gasteiger partial charge on any atom is 0.236 e.